The number of hydrogen-bond acceptors (Lipinski definition) is 3. The Hall–Kier alpha value is -2.46. The average molecular weight is 422 g/mol. The third-order valence-corrected chi connectivity index (χ3v) is 6.75. The van der Waals surface area contributed by atoms with E-state index in [0.717, 1.165) is 55.1 Å². The van der Waals surface area contributed by atoms with Crippen molar-refractivity contribution in [3.05, 3.63) is 71.3 Å². The maximum absolute atomic E-state index is 12.9. The Morgan fingerprint density at radius 3 is 2.58 bits per heavy atom. The Kier molecular flexibility index (Phi) is 7.18. The molecule has 2 aliphatic rings. The molecule has 31 heavy (non-hydrogen) atoms. The van der Waals surface area contributed by atoms with Crippen LogP contribution >= 0.6 is 0 Å². The number of alkyl halides is 1. The van der Waals surface area contributed by atoms with Crippen molar-refractivity contribution in [3.8, 4) is 5.75 Å². The zero-order valence-electron chi connectivity index (χ0n) is 18.4. The summed E-state index contributed by atoms with van der Waals surface area (Å²) in [6.07, 6.45) is 7.75. The van der Waals surface area contributed by atoms with Gasteiger partial charge in [0.15, 0.2) is 5.78 Å². The molecule has 0 radical (unpaired) electrons. The number of nitrogens with zero attached hydrogens (tertiary/aromatic N) is 1. The quantitative estimate of drug-likeness (QED) is 0.513. The van der Waals surface area contributed by atoms with Crippen LogP contribution in [0.2, 0.25) is 0 Å². The molecule has 0 aromatic heterocycles. The number of fused-ring (bicyclic) bond motifs is 1. The van der Waals surface area contributed by atoms with Gasteiger partial charge in [0, 0.05) is 17.1 Å². The van der Waals surface area contributed by atoms with E-state index in [0.29, 0.717) is 5.75 Å². The summed E-state index contributed by atoms with van der Waals surface area (Å²) in [4.78, 5) is 14.7. The van der Waals surface area contributed by atoms with E-state index >= 15 is 0 Å². The highest BCUT2D eigenvalue weighted by Crippen LogP contribution is 2.44. The normalized spacial score (nSPS) is 19.2. The first-order chi connectivity index (χ1) is 15.2. The van der Waals surface area contributed by atoms with Crippen LogP contribution in [0, 0.1) is 5.92 Å². The molecule has 3 nitrogen and oxygen atoms in total. The van der Waals surface area contributed by atoms with Gasteiger partial charge in [0.25, 0.3) is 0 Å². The van der Waals surface area contributed by atoms with Gasteiger partial charge in [-0.3, -0.25) is 4.79 Å². The highest BCUT2D eigenvalue weighted by Gasteiger charge is 2.29. The van der Waals surface area contributed by atoms with Crippen LogP contribution in [0.4, 0.5) is 4.39 Å². The lowest BCUT2D eigenvalue weighted by atomic mass is 9.90. The lowest BCUT2D eigenvalue weighted by Gasteiger charge is -2.32. The molecular weight excluding hydrogens is 389 g/mol. The van der Waals surface area contributed by atoms with Gasteiger partial charge in [0.2, 0.25) is 6.86 Å². The zero-order valence-corrected chi connectivity index (χ0v) is 18.4. The Bertz CT molecular complexity index is 916. The molecule has 0 bridgehead atoms. The maximum Gasteiger partial charge on any atom is 0.228 e. The van der Waals surface area contributed by atoms with Gasteiger partial charge in [-0.25, -0.2) is 4.39 Å². The molecule has 1 aliphatic carbocycles. The van der Waals surface area contributed by atoms with Crippen LogP contribution in [-0.2, 0) is 11.2 Å². The summed E-state index contributed by atoms with van der Waals surface area (Å²) in [6.45, 7) is 4.13. The number of benzene rings is 2. The molecule has 4 rings (SSSR count). The van der Waals surface area contributed by atoms with Crippen LogP contribution in [0.15, 0.2) is 54.6 Å². The molecule has 1 fully saturated rings. The molecule has 1 aliphatic heterocycles. The maximum atomic E-state index is 12.9. The zero-order chi connectivity index (χ0) is 21.6. The number of hydrogen-bond donors (Lipinski definition) is 0. The Morgan fingerprint density at radius 2 is 1.87 bits per heavy atom. The van der Waals surface area contributed by atoms with Crippen molar-refractivity contribution in [2.45, 2.75) is 44.9 Å². The molecule has 164 valence electrons. The average Bonchev–Trinajstić information content (AvgIpc) is 3.16. The van der Waals surface area contributed by atoms with Crippen molar-refractivity contribution >= 4 is 11.4 Å². The third-order valence-electron chi connectivity index (χ3n) is 6.75. The van der Waals surface area contributed by atoms with Gasteiger partial charge < -0.3 is 9.64 Å². The summed E-state index contributed by atoms with van der Waals surface area (Å²) < 4.78 is 18.1. The first-order valence-electron chi connectivity index (χ1n) is 11.5. The minimum Gasteiger partial charge on any atom is -0.463 e. The molecule has 4 heteroatoms. The Balaban J connectivity index is 1.30. The molecule has 0 amide bonds. The molecule has 1 atom stereocenters. The van der Waals surface area contributed by atoms with Crippen molar-refractivity contribution in [2.24, 2.45) is 5.92 Å². The van der Waals surface area contributed by atoms with E-state index in [2.05, 4.69) is 41.3 Å². The monoisotopic (exact) mass is 421 g/mol. The van der Waals surface area contributed by atoms with Crippen LogP contribution in [0.1, 0.15) is 55.2 Å². The summed E-state index contributed by atoms with van der Waals surface area (Å²) in [5.41, 5.74) is 4.07. The van der Waals surface area contributed by atoms with Gasteiger partial charge in [0.05, 0.1) is 0 Å². The van der Waals surface area contributed by atoms with E-state index in [-0.39, 0.29) is 11.7 Å². The number of piperidine rings is 1. The summed E-state index contributed by atoms with van der Waals surface area (Å²) in [6, 6.07) is 16.4. The topological polar surface area (TPSA) is 29.5 Å². The molecule has 2 aromatic carbocycles. The number of likely N-dealkylation sites (tertiary alicyclic amines) is 1. The molecule has 1 saturated heterocycles. The number of carbonyl (C=O) groups excluding carboxylic acids is 1. The van der Waals surface area contributed by atoms with E-state index in [1.165, 1.54) is 24.8 Å². The molecule has 1 heterocycles. The van der Waals surface area contributed by atoms with Crippen LogP contribution in [0.5, 0.6) is 5.75 Å². The lowest BCUT2D eigenvalue weighted by molar-refractivity contribution is -0.111. The fraction of sp³-hybridized carbons (Fsp3) is 0.444. The van der Waals surface area contributed by atoms with E-state index in [4.69, 9.17) is 4.74 Å². The smallest absolute Gasteiger partial charge is 0.228 e. The van der Waals surface area contributed by atoms with E-state index < -0.39 is 6.86 Å². The van der Waals surface area contributed by atoms with Crippen LogP contribution in [0.25, 0.3) is 5.57 Å². The fourth-order valence-electron chi connectivity index (χ4n) is 5.15. The Labute approximate surface area is 184 Å². The lowest BCUT2D eigenvalue weighted by Crippen LogP contribution is -2.35. The summed E-state index contributed by atoms with van der Waals surface area (Å²) in [5.74, 6) is 1.52. The molecule has 0 saturated carbocycles. The highest BCUT2D eigenvalue weighted by molar-refractivity contribution is 6.21. The van der Waals surface area contributed by atoms with Crippen molar-refractivity contribution in [1.29, 1.82) is 0 Å². The fourth-order valence-corrected chi connectivity index (χ4v) is 5.15. The molecular formula is C27H32FNO2. The second kappa shape index (κ2) is 10.2. The predicted octanol–water partition coefficient (Wildman–Crippen LogP) is 5.80. The number of ketones is 1. The third kappa shape index (κ3) is 5.24. The van der Waals surface area contributed by atoms with E-state index in [1.54, 1.807) is 13.0 Å². The summed E-state index contributed by atoms with van der Waals surface area (Å²) >= 11 is 0. The summed E-state index contributed by atoms with van der Waals surface area (Å²) in [5, 5.41) is 0. The van der Waals surface area contributed by atoms with Gasteiger partial charge in [-0.2, -0.15) is 0 Å². The summed E-state index contributed by atoms with van der Waals surface area (Å²) in [7, 11) is 0. The number of allylic oxidation sites excluding steroid dienone is 2. The van der Waals surface area contributed by atoms with Gasteiger partial charge >= 0.3 is 0 Å². The van der Waals surface area contributed by atoms with E-state index in [1.807, 2.05) is 12.1 Å². The number of Topliss-reactive ketones (excluding diaryl/α,β-unsaturated/α-hetero) is 1. The van der Waals surface area contributed by atoms with Gasteiger partial charge in [-0.05, 0) is 81.8 Å². The SMILES string of the molecule is CC(=O)C1=CC(CCCN2CCC(Cc3ccccc3)CC2)c2c(OCF)cccc21. The number of carbonyl (C=O) groups is 1. The minimum absolute atomic E-state index is 0.0571. The van der Waals surface area contributed by atoms with Crippen molar-refractivity contribution in [3.63, 3.8) is 0 Å². The van der Waals surface area contributed by atoms with E-state index in [9.17, 15) is 9.18 Å². The second-order valence-corrected chi connectivity index (χ2v) is 8.83. The van der Waals surface area contributed by atoms with Crippen molar-refractivity contribution in [2.75, 3.05) is 26.5 Å². The van der Waals surface area contributed by atoms with Gasteiger partial charge in [-0.1, -0.05) is 48.5 Å². The molecule has 1 unspecified atom stereocenters. The van der Waals surface area contributed by atoms with Crippen LogP contribution in [-0.4, -0.2) is 37.2 Å². The van der Waals surface area contributed by atoms with Crippen molar-refractivity contribution in [1.82, 2.24) is 4.90 Å². The Morgan fingerprint density at radius 1 is 1.10 bits per heavy atom. The number of ether oxygens (including phenoxy) is 1. The number of halogens is 1. The van der Waals surface area contributed by atoms with Crippen molar-refractivity contribution < 1.29 is 13.9 Å². The van der Waals surface area contributed by atoms with Crippen LogP contribution in [0.3, 0.4) is 0 Å². The first kappa shape index (κ1) is 21.8. The number of rotatable bonds is 9. The highest BCUT2D eigenvalue weighted by atomic mass is 19.1. The molecule has 2 aromatic rings. The standard InChI is InChI=1S/C27H32FNO2/c1-20(30)25-18-23(27-24(25)10-5-11-26(27)31-19-28)9-6-14-29-15-12-22(13-16-29)17-21-7-3-2-4-8-21/h2-5,7-8,10-11,18,22-23H,6,9,12-17,19H2,1H3. The minimum atomic E-state index is -0.851. The second-order valence-electron chi connectivity index (χ2n) is 8.83. The largest absolute Gasteiger partial charge is 0.463 e. The van der Waals surface area contributed by atoms with Gasteiger partial charge in [0.1, 0.15) is 5.75 Å². The van der Waals surface area contributed by atoms with Gasteiger partial charge in [-0.15, -0.1) is 0 Å². The first-order valence-corrected chi connectivity index (χ1v) is 11.5. The molecule has 0 N–H and O–H groups in total. The molecule has 0 spiro atoms. The van der Waals surface area contributed by atoms with Crippen LogP contribution < -0.4 is 4.74 Å². The predicted molar refractivity (Wildman–Crippen MR) is 123 cm³/mol.